The summed E-state index contributed by atoms with van der Waals surface area (Å²) < 4.78 is 0. The van der Waals surface area contributed by atoms with Gasteiger partial charge in [0.2, 0.25) is 5.91 Å². The Balaban J connectivity index is 2.80. The van der Waals surface area contributed by atoms with Gasteiger partial charge in [-0.3, -0.25) is 9.59 Å². The van der Waals surface area contributed by atoms with E-state index in [0.717, 1.165) is 0 Å². The van der Waals surface area contributed by atoms with E-state index in [1.54, 1.807) is 39.1 Å². The lowest BCUT2D eigenvalue weighted by Gasteiger charge is -2.11. The zero-order chi connectivity index (χ0) is 15.1. The van der Waals surface area contributed by atoms with Crippen molar-refractivity contribution >= 4 is 29.1 Å². The van der Waals surface area contributed by atoms with E-state index >= 15 is 0 Å². The van der Waals surface area contributed by atoms with Crippen molar-refractivity contribution in [1.29, 1.82) is 0 Å². The molecule has 110 valence electrons. The first-order chi connectivity index (χ1) is 9.45. The molecular weight excluding hydrogens is 278 g/mol. The first-order valence-corrected chi connectivity index (χ1v) is 6.86. The van der Waals surface area contributed by atoms with Crippen LogP contribution in [0.5, 0.6) is 0 Å². The van der Waals surface area contributed by atoms with E-state index in [4.69, 9.17) is 11.6 Å². The van der Waals surface area contributed by atoms with Crippen LogP contribution in [0.3, 0.4) is 0 Å². The monoisotopic (exact) mass is 297 g/mol. The summed E-state index contributed by atoms with van der Waals surface area (Å²) in [5.41, 5.74) is 0.913. The van der Waals surface area contributed by atoms with E-state index < -0.39 is 0 Å². The Kier molecular flexibility index (Phi) is 6.48. The molecule has 2 amide bonds. The standard InChI is InChI=1S/C14H20ClN3O2/c1-9(2)13(19)18-10-4-5-12(15)11(8-10)14(20)17-7-6-16-3/h4-5,8-9,16H,6-7H2,1-3H3,(H,17,20)(H,18,19). The van der Waals surface area contributed by atoms with Crippen LogP contribution in [-0.2, 0) is 4.79 Å². The minimum absolute atomic E-state index is 0.103. The molecule has 0 saturated carbocycles. The Morgan fingerprint density at radius 1 is 1.25 bits per heavy atom. The van der Waals surface area contributed by atoms with Crippen molar-refractivity contribution in [2.75, 3.05) is 25.5 Å². The van der Waals surface area contributed by atoms with E-state index in [1.807, 2.05) is 0 Å². The first-order valence-electron chi connectivity index (χ1n) is 6.49. The van der Waals surface area contributed by atoms with Gasteiger partial charge < -0.3 is 16.0 Å². The lowest BCUT2D eigenvalue weighted by molar-refractivity contribution is -0.118. The number of rotatable bonds is 6. The third-order valence-corrected chi connectivity index (χ3v) is 2.99. The maximum absolute atomic E-state index is 12.0. The van der Waals surface area contributed by atoms with Gasteiger partial charge in [-0.2, -0.15) is 0 Å². The predicted octanol–water partition coefficient (Wildman–Crippen LogP) is 1.88. The van der Waals surface area contributed by atoms with Gasteiger partial charge in [0.1, 0.15) is 0 Å². The van der Waals surface area contributed by atoms with Crippen LogP contribution in [0.25, 0.3) is 0 Å². The highest BCUT2D eigenvalue weighted by molar-refractivity contribution is 6.34. The molecule has 0 aromatic heterocycles. The molecule has 20 heavy (non-hydrogen) atoms. The van der Waals surface area contributed by atoms with Gasteiger partial charge in [0.25, 0.3) is 5.91 Å². The van der Waals surface area contributed by atoms with Crippen molar-refractivity contribution in [3.63, 3.8) is 0 Å². The van der Waals surface area contributed by atoms with Crippen LogP contribution in [0.4, 0.5) is 5.69 Å². The van der Waals surface area contributed by atoms with Gasteiger partial charge in [-0.05, 0) is 25.2 Å². The third kappa shape index (κ3) is 4.83. The molecule has 1 rings (SSSR count). The number of hydrogen-bond donors (Lipinski definition) is 3. The molecule has 0 aliphatic carbocycles. The van der Waals surface area contributed by atoms with Crippen molar-refractivity contribution in [1.82, 2.24) is 10.6 Å². The van der Waals surface area contributed by atoms with Gasteiger partial charge >= 0.3 is 0 Å². The van der Waals surface area contributed by atoms with Crippen molar-refractivity contribution in [2.45, 2.75) is 13.8 Å². The second-order valence-corrected chi connectivity index (χ2v) is 5.11. The Labute approximate surface area is 124 Å². The number of likely N-dealkylation sites (N-methyl/N-ethyl adjacent to an activating group) is 1. The number of halogens is 1. The molecule has 0 saturated heterocycles. The Morgan fingerprint density at radius 2 is 1.95 bits per heavy atom. The lowest BCUT2D eigenvalue weighted by Crippen LogP contribution is -2.30. The highest BCUT2D eigenvalue weighted by atomic mass is 35.5. The summed E-state index contributed by atoms with van der Waals surface area (Å²) in [7, 11) is 1.81. The Bertz CT molecular complexity index is 489. The average Bonchev–Trinajstić information content (AvgIpc) is 2.40. The normalized spacial score (nSPS) is 10.4. The summed E-state index contributed by atoms with van der Waals surface area (Å²) >= 11 is 6.01. The van der Waals surface area contributed by atoms with E-state index in [0.29, 0.717) is 29.4 Å². The summed E-state index contributed by atoms with van der Waals surface area (Å²) in [5.74, 6) is -0.488. The molecule has 5 nitrogen and oxygen atoms in total. The molecule has 0 fully saturated rings. The molecule has 0 spiro atoms. The van der Waals surface area contributed by atoms with Crippen LogP contribution < -0.4 is 16.0 Å². The van der Waals surface area contributed by atoms with Gasteiger partial charge in [0.15, 0.2) is 0 Å². The minimum atomic E-state index is -0.258. The highest BCUT2D eigenvalue weighted by Crippen LogP contribution is 2.21. The zero-order valence-corrected chi connectivity index (χ0v) is 12.7. The summed E-state index contributed by atoms with van der Waals surface area (Å²) in [4.78, 5) is 23.6. The molecule has 0 unspecified atom stereocenters. The van der Waals surface area contributed by atoms with Crippen molar-refractivity contribution in [3.8, 4) is 0 Å². The van der Waals surface area contributed by atoms with Crippen LogP contribution in [0.15, 0.2) is 18.2 Å². The van der Waals surface area contributed by atoms with Crippen LogP contribution in [-0.4, -0.2) is 32.0 Å². The van der Waals surface area contributed by atoms with Crippen molar-refractivity contribution in [3.05, 3.63) is 28.8 Å². The quantitative estimate of drug-likeness (QED) is 0.702. The van der Waals surface area contributed by atoms with Crippen LogP contribution in [0.2, 0.25) is 5.02 Å². The van der Waals surface area contributed by atoms with Gasteiger partial charge in [-0.15, -0.1) is 0 Å². The predicted molar refractivity (Wildman–Crippen MR) is 81.2 cm³/mol. The van der Waals surface area contributed by atoms with Crippen LogP contribution in [0, 0.1) is 5.92 Å². The smallest absolute Gasteiger partial charge is 0.252 e. The molecule has 0 bridgehead atoms. The number of amides is 2. The minimum Gasteiger partial charge on any atom is -0.351 e. The SMILES string of the molecule is CNCCNC(=O)c1cc(NC(=O)C(C)C)ccc1Cl. The van der Waals surface area contributed by atoms with Gasteiger partial charge in [-0.25, -0.2) is 0 Å². The summed E-state index contributed by atoms with van der Waals surface area (Å²) in [6, 6.07) is 4.86. The fourth-order valence-electron chi connectivity index (χ4n) is 1.46. The largest absolute Gasteiger partial charge is 0.351 e. The van der Waals surface area contributed by atoms with Gasteiger partial charge in [0, 0.05) is 24.7 Å². The summed E-state index contributed by atoms with van der Waals surface area (Å²) in [6.07, 6.45) is 0. The maximum atomic E-state index is 12.0. The molecular formula is C14H20ClN3O2. The number of carbonyl (C=O) groups is 2. The van der Waals surface area contributed by atoms with E-state index in [9.17, 15) is 9.59 Å². The topological polar surface area (TPSA) is 70.2 Å². The van der Waals surface area contributed by atoms with Crippen molar-refractivity contribution < 1.29 is 9.59 Å². The number of nitrogens with one attached hydrogen (secondary N) is 3. The van der Waals surface area contributed by atoms with Gasteiger partial charge in [0.05, 0.1) is 10.6 Å². The number of carbonyl (C=O) groups excluding carboxylic acids is 2. The van der Waals surface area contributed by atoms with Crippen molar-refractivity contribution in [2.24, 2.45) is 5.92 Å². The molecule has 0 aliphatic heterocycles. The lowest BCUT2D eigenvalue weighted by atomic mass is 10.1. The molecule has 1 aromatic carbocycles. The summed E-state index contributed by atoms with van der Waals surface area (Å²) in [6.45, 7) is 4.79. The highest BCUT2D eigenvalue weighted by Gasteiger charge is 2.13. The molecule has 3 N–H and O–H groups in total. The molecule has 0 aliphatic rings. The first kappa shape index (κ1) is 16.5. The van der Waals surface area contributed by atoms with Gasteiger partial charge in [-0.1, -0.05) is 25.4 Å². The third-order valence-electron chi connectivity index (χ3n) is 2.66. The Hall–Kier alpha value is -1.59. The summed E-state index contributed by atoms with van der Waals surface area (Å²) in [5, 5.41) is 8.78. The fourth-order valence-corrected chi connectivity index (χ4v) is 1.66. The molecule has 0 atom stereocenters. The van der Waals surface area contributed by atoms with E-state index in [1.165, 1.54) is 0 Å². The van der Waals surface area contributed by atoms with Crippen LogP contribution >= 0.6 is 11.6 Å². The second-order valence-electron chi connectivity index (χ2n) is 4.70. The maximum Gasteiger partial charge on any atom is 0.252 e. The molecule has 0 radical (unpaired) electrons. The van der Waals surface area contributed by atoms with E-state index in [2.05, 4.69) is 16.0 Å². The fraction of sp³-hybridized carbons (Fsp3) is 0.429. The molecule has 6 heteroatoms. The van der Waals surface area contributed by atoms with Crippen LogP contribution in [0.1, 0.15) is 24.2 Å². The zero-order valence-electron chi connectivity index (χ0n) is 11.9. The number of anilines is 1. The van der Waals surface area contributed by atoms with E-state index in [-0.39, 0.29) is 17.7 Å². The number of benzene rings is 1. The molecule has 0 heterocycles. The Morgan fingerprint density at radius 3 is 2.55 bits per heavy atom. The average molecular weight is 298 g/mol. The molecule has 1 aromatic rings. The number of hydrogen-bond acceptors (Lipinski definition) is 3. The second kappa shape index (κ2) is 7.87.